The predicted molar refractivity (Wildman–Crippen MR) is 101 cm³/mol. The van der Waals surface area contributed by atoms with E-state index in [1.807, 2.05) is 36.4 Å². The molecular formula is C19H20ClNO3S. The topological polar surface area (TPSA) is 46.6 Å². The Morgan fingerprint density at radius 3 is 2.44 bits per heavy atom. The van der Waals surface area contributed by atoms with Gasteiger partial charge in [-0.25, -0.2) is 4.79 Å². The van der Waals surface area contributed by atoms with E-state index in [0.29, 0.717) is 29.3 Å². The van der Waals surface area contributed by atoms with Gasteiger partial charge in [0.15, 0.2) is 0 Å². The maximum atomic E-state index is 12.2. The second kappa shape index (κ2) is 9.49. The average molecular weight is 378 g/mol. The third-order valence-electron chi connectivity index (χ3n) is 3.63. The maximum Gasteiger partial charge on any atom is 0.337 e. The molecule has 1 amide bonds. The molecule has 0 aliphatic carbocycles. The summed E-state index contributed by atoms with van der Waals surface area (Å²) in [6.45, 7) is 0.497. The van der Waals surface area contributed by atoms with Crippen LogP contribution in [0.15, 0.2) is 53.4 Å². The molecular weight excluding hydrogens is 358 g/mol. The van der Waals surface area contributed by atoms with Crippen LogP contribution in [0, 0.1) is 0 Å². The van der Waals surface area contributed by atoms with Crippen LogP contribution >= 0.6 is 23.4 Å². The van der Waals surface area contributed by atoms with Crippen LogP contribution in [0.2, 0.25) is 5.02 Å². The Morgan fingerprint density at radius 2 is 1.80 bits per heavy atom. The zero-order valence-electron chi connectivity index (χ0n) is 14.2. The number of amides is 1. The lowest BCUT2D eigenvalue weighted by Crippen LogP contribution is -2.26. The van der Waals surface area contributed by atoms with Gasteiger partial charge in [0, 0.05) is 30.7 Å². The van der Waals surface area contributed by atoms with Crippen molar-refractivity contribution in [3.05, 3.63) is 64.7 Å². The fraction of sp³-hybridized carbons (Fsp3) is 0.263. The molecule has 0 atom stereocenters. The third kappa shape index (κ3) is 5.80. The number of methoxy groups -OCH3 is 1. The zero-order valence-corrected chi connectivity index (χ0v) is 15.8. The first-order chi connectivity index (χ1) is 12.0. The molecule has 2 rings (SSSR count). The normalized spacial score (nSPS) is 10.4. The molecule has 0 spiro atoms. The highest BCUT2D eigenvalue weighted by molar-refractivity contribution is 7.99. The Labute approximate surface area is 157 Å². The van der Waals surface area contributed by atoms with Crippen LogP contribution in [0.5, 0.6) is 0 Å². The minimum Gasteiger partial charge on any atom is -0.465 e. The summed E-state index contributed by atoms with van der Waals surface area (Å²) in [7, 11) is 3.13. The second-order valence-electron chi connectivity index (χ2n) is 5.47. The van der Waals surface area contributed by atoms with Gasteiger partial charge in [-0.3, -0.25) is 4.79 Å². The molecule has 2 aromatic carbocycles. The average Bonchev–Trinajstić information content (AvgIpc) is 2.63. The minimum absolute atomic E-state index is 0.0663. The SMILES string of the molecule is COC(=O)c1ccc(CN(C)C(=O)CCSc2ccccc2Cl)cc1. The monoisotopic (exact) mass is 377 g/mol. The largest absolute Gasteiger partial charge is 0.465 e. The lowest BCUT2D eigenvalue weighted by Gasteiger charge is -2.17. The van der Waals surface area contributed by atoms with E-state index >= 15 is 0 Å². The van der Waals surface area contributed by atoms with Gasteiger partial charge >= 0.3 is 5.97 Å². The number of thioether (sulfide) groups is 1. The highest BCUT2D eigenvalue weighted by Gasteiger charge is 2.11. The Bertz CT molecular complexity index is 734. The standard InChI is InChI=1S/C19H20ClNO3S/c1-21(13-14-7-9-15(10-8-14)19(23)24-2)18(22)11-12-25-17-6-4-3-5-16(17)20/h3-10H,11-13H2,1-2H3. The van der Waals surface area contributed by atoms with E-state index < -0.39 is 0 Å². The Kier molecular flexibility index (Phi) is 7.34. The van der Waals surface area contributed by atoms with Crippen molar-refractivity contribution in [3.8, 4) is 0 Å². The number of nitrogens with zero attached hydrogens (tertiary/aromatic N) is 1. The molecule has 0 unspecified atom stereocenters. The molecule has 0 aromatic heterocycles. The zero-order chi connectivity index (χ0) is 18.2. The van der Waals surface area contributed by atoms with Gasteiger partial charge in [-0.1, -0.05) is 35.9 Å². The number of hydrogen-bond donors (Lipinski definition) is 0. The molecule has 2 aromatic rings. The van der Waals surface area contributed by atoms with Gasteiger partial charge in [0.25, 0.3) is 0 Å². The van der Waals surface area contributed by atoms with Gasteiger partial charge in [-0.15, -0.1) is 11.8 Å². The first-order valence-electron chi connectivity index (χ1n) is 7.80. The highest BCUT2D eigenvalue weighted by Crippen LogP contribution is 2.27. The van der Waals surface area contributed by atoms with Gasteiger partial charge in [0.1, 0.15) is 0 Å². The number of rotatable bonds is 7. The van der Waals surface area contributed by atoms with E-state index in [0.717, 1.165) is 10.5 Å². The van der Waals surface area contributed by atoms with Gasteiger partial charge in [0.2, 0.25) is 5.91 Å². The highest BCUT2D eigenvalue weighted by atomic mass is 35.5. The third-order valence-corrected chi connectivity index (χ3v) is 5.15. The summed E-state index contributed by atoms with van der Waals surface area (Å²) < 4.78 is 4.67. The van der Waals surface area contributed by atoms with Crippen LogP contribution in [0.3, 0.4) is 0 Å². The Balaban J connectivity index is 1.81. The molecule has 0 aliphatic rings. The van der Waals surface area contributed by atoms with Crippen LogP contribution in [0.4, 0.5) is 0 Å². The van der Waals surface area contributed by atoms with E-state index in [1.54, 1.807) is 35.8 Å². The van der Waals surface area contributed by atoms with Gasteiger partial charge in [0.05, 0.1) is 17.7 Å². The van der Waals surface area contributed by atoms with Crippen molar-refractivity contribution >= 4 is 35.2 Å². The molecule has 0 aliphatic heterocycles. The van der Waals surface area contributed by atoms with Crippen LogP contribution < -0.4 is 0 Å². The lowest BCUT2D eigenvalue weighted by molar-refractivity contribution is -0.129. The molecule has 0 heterocycles. The first kappa shape index (κ1) is 19.3. The Morgan fingerprint density at radius 1 is 1.12 bits per heavy atom. The predicted octanol–water partition coefficient (Wildman–Crippen LogP) is 4.27. The minimum atomic E-state index is -0.368. The quantitative estimate of drug-likeness (QED) is 0.534. The summed E-state index contributed by atoms with van der Waals surface area (Å²) >= 11 is 7.68. The summed E-state index contributed by atoms with van der Waals surface area (Å²) in [5.41, 5.74) is 1.46. The van der Waals surface area contributed by atoms with Crippen LogP contribution in [0.25, 0.3) is 0 Å². The number of carbonyl (C=O) groups excluding carboxylic acids is 2. The van der Waals surface area contributed by atoms with E-state index in [4.69, 9.17) is 11.6 Å². The summed E-state index contributed by atoms with van der Waals surface area (Å²) in [6, 6.07) is 14.7. The van der Waals surface area contributed by atoms with E-state index in [-0.39, 0.29) is 11.9 Å². The number of halogens is 1. The number of benzene rings is 2. The van der Waals surface area contributed by atoms with Gasteiger partial charge in [-0.2, -0.15) is 0 Å². The molecule has 0 fully saturated rings. The van der Waals surface area contributed by atoms with Crippen LogP contribution in [-0.2, 0) is 16.1 Å². The fourth-order valence-electron chi connectivity index (χ4n) is 2.23. The van der Waals surface area contributed by atoms with E-state index in [1.165, 1.54) is 7.11 Å². The number of hydrogen-bond acceptors (Lipinski definition) is 4. The Hall–Kier alpha value is -1.98. The van der Waals surface area contributed by atoms with Crippen molar-refractivity contribution in [1.29, 1.82) is 0 Å². The molecule has 0 radical (unpaired) electrons. The van der Waals surface area contributed by atoms with Crippen molar-refractivity contribution in [3.63, 3.8) is 0 Å². The maximum absolute atomic E-state index is 12.2. The summed E-state index contributed by atoms with van der Waals surface area (Å²) in [5.74, 6) is 0.373. The van der Waals surface area contributed by atoms with Gasteiger partial charge in [-0.05, 0) is 29.8 Å². The number of carbonyl (C=O) groups is 2. The molecule has 4 nitrogen and oxygen atoms in total. The summed E-state index contributed by atoms with van der Waals surface area (Å²) in [6.07, 6.45) is 0.437. The molecule has 0 N–H and O–H groups in total. The molecule has 0 saturated heterocycles. The van der Waals surface area contributed by atoms with Crippen LogP contribution in [0.1, 0.15) is 22.3 Å². The summed E-state index contributed by atoms with van der Waals surface area (Å²) in [5, 5.41) is 0.707. The second-order valence-corrected chi connectivity index (χ2v) is 7.01. The molecule has 25 heavy (non-hydrogen) atoms. The van der Waals surface area contributed by atoms with E-state index in [2.05, 4.69) is 4.74 Å². The van der Waals surface area contributed by atoms with Crippen molar-refractivity contribution in [2.24, 2.45) is 0 Å². The molecule has 0 saturated carbocycles. The smallest absolute Gasteiger partial charge is 0.337 e. The molecule has 132 valence electrons. The number of esters is 1. The summed E-state index contributed by atoms with van der Waals surface area (Å²) in [4.78, 5) is 26.3. The van der Waals surface area contributed by atoms with Gasteiger partial charge < -0.3 is 9.64 Å². The number of ether oxygens (including phenoxy) is 1. The molecule has 6 heteroatoms. The molecule has 0 bridgehead atoms. The first-order valence-corrected chi connectivity index (χ1v) is 9.16. The van der Waals surface area contributed by atoms with Crippen molar-refractivity contribution in [2.45, 2.75) is 17.9 Å². The fourth-order valence-corrected chi connectivity index (χ4v) is 3.40. The van der Waals surface area contributed by atoms with Crippen molar-refractivity contribution in [1.82, 2.24) is 4.90 Å². The van der Waals surface area contributed by atoms with Crippen molar-refractivity contribution in [2.75, 3.05) is 19.9 Å². The lowest BCUT2D eigenvalue weighted by atomic mass is 10.1. The van der Waals surface area contributed by atoms with E-state index in [9.17, 15) is 9.59 Å². The van der Waals surface area contributed by atoms with Crippen molar-refractivity contribution < 1.29 is 14.3 Å². The van der Waals surface area contributed by atoms with Crippen LogP contribution in [-0.4, -0.2) is 36.7 Å².